The molecule has 3 heterocycles. The van der Waals surface area contributed by atoms with Crippen LogP contribution in [0.1, 0.15) is 35.3 Å². The molecule has 1 aliphatic heterocycles. The van der Waals surface area contributed by atoms with Crippen molar-refractivity contribution in [3.8, 4) is 23.1 Å². The summed E-state index contributed by atoms with van der Waals surface area (Å²) in [6.45, 7) is 3.70. The van der Waals surface area contributed by atoms with Gasteiger partial charge in [-0.05, 0) is 48.8 Å². The van der Waals surface area contributed by atoms with Gasteiger partial charge in [-0.3, -0.25) is 14.3 Å². The number of piperidine rings is 1. The van der Waals surface area contributed by atoms with Crippen molar-refractivity contribution in [1.82, 2.24) is 24.5 Å². The molecular weight excluding hydrogens is 478 g/mol. The van der Waals surface area contributed by atoms with Gasteiger partial charge in [0.2, 0.25) is 0 Å². The number of fused-ring (bicyclic) bond motifs is 1. The molecule has 10 heteroatoms. The fourth-order valence-electron chi connectivity index (χ4n) is 6.47. The summed E-state index contributed by atoms with van der Waals surface area (Å²) in [5.41, 5.74) is 8.61. The molecule has 2 amide bonds. The highest BCUT2D eigenvalue weighted by atomic mass is 35.5. The zero-order valence-corrected chi connectivity index (χ0v) is 20.8. The molecule has 2 aliphatic carbocycles. The van der Waals surface area contributed by atoms with Gasteiger partial charge in [-0.2, -0.15) is 10.2 Å². The molecule has 1 aromatic carbocycles. The quantitative estimate of drug-likeness (QED) is 0.502. The summed E-state index contributed by atoms with van der Waals surface area (Å²) in [5.74, 6) is 6.21. The number of nitrogens with two attached hydrogens (primary N) is 1. The van der Waals surface area contributed by atoms with Crippen molar-refractivity contribution in [2.45, 2.75) is 25.9 Å². The van der Waals surface area contributed by atoms with E-state index in [1.54, 1.807) is 24.9 Å². The number of carbonyl (C=O) groups excluding carboxylic acids is 2. The van der Waals surface area contributed by atoms with Crippen LogP contribution in [0, 0.1) is 29.1 Å². The van der Waals surface area contributed by atoms with Crippen LogP contribution in [-0.4, -0.2) is 56.4 Å². The predicted molar refractivity (Wildman–Crippen MR) is 135 cm³/mol. The third-order valence-corrected chi connectivity index (χ3v) is 8.24. The lowest BCUT2D eigenvalue weighted by Gasteiger charge is -2.37. The second kappa shape index (κ2) is 8.14. The third-order valence-electron chi connectivity index (χ3n) is 8.00. The zero-order chi connectivity index (χ0) is 25.2. The Labute approximate surface area is 213 Å². The van der Waals surface area contributed by atoms with Gasteiger partial charge < -0.3 is 16.0 Å². The monoisotopic (exact) mass is 503 g/mol. The molecule has 3 aromatic rings. The fraction of sp³-hybridized carbons (Fsp3) is 0.385. The number of halogens is 1. The molecule has 36 heavy (non-hydrogen) atoms. The van der Waals surface area contributed by atoms with Gasteiger partial charge in [0, 0.05) is 42.3 Å². The summed E-state index contributed by atoms with van der Waals surface area (Å²) in [7, 11) is 1.78. The van der Waals surface area contributed by atoms with Gasteiger partial charge in [-0.25, -0.2) is 4.68 Å². The smallest absolute Gasteiger partial charge is 0.298 e. The number of aromatic nitrogens is 4. The second-order valence-corrected chi connectivity index (χ2v) is 10.3. The van der Waals surface area contributed by atoms with E-state index in [1.807, 2.05) is 40.0 Å². The number of rotatable bonds is 6. The molecule has 6 rings (SSSR count). The molecule has 184 valence electrons. The topological polar surface area (TPSA) is 111 Å². The van der Waals surface area contributed by atoms with Crippen LogP contribution in [0.3, 0.4) is 0 Å². The van der Waals surface area contributed by atoms with Crippen LogP contribution in [-0.2, 0) is 11.3 Å². The van der Waals surface area contributed by atoms with Gasteiger partial charge in [0.25, 0.3) is 11.8 Å². The number of hydrogen-bond acceptors (Lipinski definition) is 5. The highest BCUT2D eigenvalue weighted by Crippen LogP contribution is 2.79. The Morgan fingerprint density at radius 3 is 2.89 bits per heavy atom. The predicted octanol–water partition coefficient (Wildman–Crippen LogP) is 2.63. The molecule has 0 bridgehead atoms. The fourth-order valence-corrected chi connectivity index (χ4v) is 6.68. The van der Waals surface area contributed by atoms with Crippen LogP contribution in [0.4, 0.5) is 5.82 Å². The van der Waals surface area contributed by atoms with Gasteiger partial charge >= 0.3 is 0 Å². The van der Waals surface area contributed by atoms with Crippen LogP contribution in [0.5, 0.6) is 0 Å². The van der Waals surface area contributed by atoms with Gasteiger partial charge in [0.05, 0.1) is 18.8 Å². The number of benzene rings is 1. The average molecular weight is 504 g/mol. The van der Waals surface area contributed by atoms with E-state index >= 15 is 0 Å². The van der Waals surface area contributed by atoms with Crippen molar-refractivity contribution < 1.29 is 9.59 Å². The van der Waals surface area contributed by atoms with E-state index in [0.29, 0.717) is 40.5 Å². The summed E-state index contributed by atoms with van der Waals surface area (Å²) < 4.78 is 3.72. The molecule has 2 aromatic heterocycles. The van der Waals surface area contributed by atoms with E-state index in [0.717, 1.165) is 30.6 Å². The SMILES string of the molecule is CC#CC(=O)N1CC2C3[C@H](n4nc(-c5cnn(Cc6cccc(Cl)c6)c5)c(C(N)=O)c4NC)C[C@]23C1. The molecule has 3 fully saturated rings. The van der Waals surface area contributed by atoms with E-state index in [1.165, 1.54) is 0 Å². The van der Waals surface area contributed by atoms with E-state index in [2.05, 4.69) is 22.3 Å². The van der Waals surface area contributed by atoms with E-state index in [-0.39, 0.29) is 17.4 Å². The van der Waals surface area contributed by atoms with Crippen LogP contribution in [0.2, 0.25) is 5.02 Å². The number of hydrogen-bond donors (Lipinski definition) is 2. The Bertz CT molecular complexity index is 1460. The molecule has 0 radical (unpaired) electrons. The van der Waals surface area contributed by atoms with E-state index < -0.39 is 5.91 Å². The van der Waals surface area contributed by atoms with E-state index in [9.17, 15) is 9.59 Å². The second-order valence-electron chi connectivity index (χ2n) is 9.89. The number of likely N-dealkylation sites (tertiary alicyclic amines) is 1. The molecular formula is C26H26ClN7O2. The lowest BCUT2D eigenvalue weighted by Crippen LogP contribution is -2.40. The first-order valence-electron chi connectivity index (χ1n) is 11.9. The number of nitrogens with zero attached hydrogens (tertiary/aromatic N) is 5. The molecule has 2 unspecified atom stereocenters. The summed E-state index contributed by atoms with van der Waals surface area (Å²) >= 11 is 6.11. The Balaban J connectivity index is 1.27. The Morgan fingerprint density at radius 1 is 1.36 bits per heavy atom. The molecule has 2 saturated carbocycles. The Hall–Kier alpha value is -3.77. The van der Waals surface area contributed by atoms with E-state index in [4.69, 9.17) is 22.4 Å². The summed E-state index contributed by atoms with van der Waals surface area (Å²) in [6.07, 6.45) is 4.48. The highest BCUT2D eigenvalue weighted by Gasteiger charge is 2.79. The maximum absolute atomic E-state index is 12.5. The Kier molecular flexibility index (Phi) is 5.12. The highest BCUT2D eigenvalue weighted by molar-refractivity contribution is 6.30. The first kappa shape index (κ1) is 22.7. The first-order valence-corrected chi connectivity index (χ1v) is 12.3. The maximum atomic E-state index is 12.5. The molecule has 3 N–H and O–H groups in total. The number of anilines is 1. The average Bonchev–Trinajstić information content (AvgIpc) is 3.34. The normalized spacial score (nSPS) is 25.3. The van der Waals surface area contributed by atoms with Gasteiger partial charge in [-0.1, -0.05) is 29.7 Å². The molecule has 4 atom stereocenters. The number of nitrogens with one attached hydrogen (secondary N) is 1. The third kappa shape index (κ3) is 3.32. The number of primary amides is 1. The van der Waals surface area contributed by atoms with Gasteiger partial charge in [-0.15, -0.1) is 0 Å². The summed E-state index contributed by atoms with van der Waals surface area (Å²) in [4.78, 5) is 26.6. The molecule has 3 aliphatic rings. The summed E-state index contributed by atoms with van der Waals surface area (Å²) in [6, 6.07) is 7.77. The number of amides is 2. The van der Waals surface area contributed by atoms with Crippen molar-refractivity contribution in [2.24, 2.45) is 23.0 Å². The van der Waals surface area contributed by atoms with Gasteiger partial charge in [0.1, 0.15) is 17.1 Å². The molecule has 1 saturated heterocycles. The standard InChI is InChI=1S/C26H26ClN7O2/c1-3-5-20(35)32-13-18-22-19(9-26(18,22)14-32)34-25(29-2)21(24(28)36)23(31-34)16-10-30-33(12-16)11-15-6-4-7-17(27)8-15/h4,6-8,10,12,18-19,22,29H,9,11,13-14H2,1-2H3,(H2,28,36)/t18?,19-,22?,26+/m1/s1. The van der Waals surface area contributed by atoms with Crippen molar-refractivity contribution in [2.75, 3.05) is 25.5 Å². The van der Waals surface area contributed by atoms with Crippen LogP contribution in [0.25, 0.3) is 11.3 Å². The van der Waals surface area contributed by atoms with Crippen molar-refractivity contribution in [3.05, 3.63) is 52.8 Å². The lowest BCUT2D eigenvalue weighted by molar-refractivity contribution is -0.125. The van der Waals surface area contributed by atoms with Crippen LogP contribution in [0.15, 0.2) is 36.7 Å². The zero-order valence-electron chi connectivity index (χ0n) is 20.0. The summed E-state index contributed by atoms with van der Waals surface area (Å²) in [5, 5.41) is 13.2. The Morgan fingerprint density at radius 2 is 2.19 bits per heavy atom. The number of carbonyl (C=O) groups is 2. The lowest BCUT2D eigenvalue weighted by atomic mass is 9.79. The minimum atomic E-state index is -0.539. The van der Waals surface area contributed by atoms with Crippen molar-refractivity contribution in [1.29, 1.82) is 0 Å². The largest absolute Gasteiger partial charge is 0.373 e. The molecule has 1 spiro atoms. The molecule has 9 nitrogen and oxygen atoms in total. The maximum Gasteiger partial charge on any atom is 0.298 e. The van der Waals surface area contributed by atoms with Crippen molar-refractivity contribution in [3.63, 3.8) is 0 Å². The van der Waals surface area contributed by atoms with Crippen LogP contribution < -0.4 is 11.1 Å². The van der Waals surface area contributed by atoms with Crippen LogP contribution >= 0.6 is 11.6 Å². The first-order chi connectivity index (χ1) is 17.4. The minimum absolute atomic E-state index is 0.0932. The van der Waals surface area contributed by atoms with Crippen molar-refractivity contribution >= 4 is 29.2 Å². The van der Waals surface area contributed by atoms with Gasteiger partial charge in [0.15, 0.2) is 0 Å². The minimum Gasteiger partial charge on any atom is -0.373 e.